The topological polar surface area (TPSA) is 26.3 Å². The number of hydrogen-bond acceptors (Lipinski definition) is 2. The highest BCUT2D eigenvalue weighted by atomic mass is 16.5. The molecular weight excluding hydrogens is 176 g/mol. The molecule has 0 amide bonds. The minimum absolute atomic E-state index is 0.142. The van der Waals surface area contributed by atoms with Gasteiger partial charge in [-0.15, -0.1) is 0 Å². The van der Waals surface area contributed by atoms with Crippen molar-refractivity contribution in [2.75, 3.05) is 0 Å². The number of rotatable bonds is 1. The summed E-state index contributed by atoms with van der Waals surface area (Å²) in [5, 5.41) is 0. The highest BCUT2D eigenvalue weighted by molar-refractivity contribution is 6.06. The Morgan fingerprint density at radius 2 is 1.93 bits per heavy atom. The molecule has 1 aliphatic rings. The van der Waals surface area contributed by atoms with E-state index in [0.717, 1.165) is 28.9 Å². The quantitative estimate of drug-likeness (QED) is 0.680. The molecule has 1 aromatic rings. The van der Waals surface area contributed by atoms with E-state index in [2.05, 4.69) is 0 Å². The van der Waals surface area contributed by atoms with Crippen LogP contribution in [0, 0.1) is 13.8 Å². The van der Waals surface area contributed by atoms with Gasteiger partial charge in [-0.2, -0.15) is 0 Å². The maximum atomic E-state index is 11.9. The SMILES string of the molecule is CCC1Oc2c(C)ccc(C)c2C1=O. The summed E-state index contributed by atoms with van der Waals surface area (Å²) in [5.41, 5.74) is 2.86. The van der Waals surface area contributed by atoms with Crippen LogP contribution in [0.2, 0.25) is 0 Å². The fraction of sp³-hybridized carbons (Fsp3) is 0.417. The lowest BCUT2D eigenvalue weighted by Gasteiger charge is -2.06. The second kappa shape index (κ2) is 3.12. The van der Waals surface area contributed by atoms with Crippen molar-refractivity contribution in [3.8, 4) is 5.75 Å². The van der Waals surface area contributed by atoms with Crippen LogP contribution in [0.3, 0.4) is 0 Å². The van der Waals surface area contributed by atoms with Gasteiger partial charge in [0.15, 0.2) is 6.10 Å². The number of ether oxygens (including phenoxy) is 1. The Morgan fingerprint density at radius 1 is 1.29 bits per heavy atom. The minimum atomic E-state index is -0.259. The van der Waals surface area contributed by atoms with Gasteiger partial charge in [-0.3, -0.25) is 4.79 Å². The van der Waals surface area contributed by atoms with E-state index in [1.54, 1.807) is 0 Å². The number of Topliss-reactive ketones (excluding diaryl/α,β-unsaturated/α-hetero) is 1. The first-order valence-corrected chi connectivity index (χ1v) is 4.96. The van der Waals surface area contributed by atoms with Crippen molar-refractivity contribution in [2.24, 2.45) is 0 Å². The Morgan fingerprint density at radius 3 is 2.50 bits per heavy atom. The largest absolute Gasteiger partial charge is 0.481 e. The predicted molar refractivity (Wildman–Crippen MR) is 55.0 cm³/mol. The molecule has 1 atom stereocenters. The number of carbonyl (C=O) groups excluding carboxylic acids is 1. The summed E-state index contributed by atoms with van der Waals surface area (Å²) in [6.07, 6.45) is 0.483. The Bertz CT molecular complexity index is 394. The smallest absolute Gasteiger partial charge is 0.207 e. The van der Waals surface area contributed by atoms with E-state index in [4.69, 9.17) is 4.74 Å². The zero-order valence-electron chi connectivity index (χ0n) is 8.76. The summed E-state index contributed by atoms with van der Waals surface area (Å²) in [4.78, 5) is 11.9. The predicted octanol–water partition coefficient (Wildman–Crippen LogP) is 2.66. The van der Waals surface area contributed by atoms with Crippen LogP contribution in [0.25, 0.3) is 0 Å². The molecular formula is C12H14O2. The lowest BCUT2D eigenvalue weighted by Crippen LogP contribution is -2.18. The molecule has 1 aromatic carbocycles. The van der Waals surface area contributed by atoms with E-state index < -0.39 is 0 Å². The molecule has 0 aromatic heterocycles. The van der Waals surface area contributed by atoms with Gasteiger partial charge in [0.25, 0.3) is 0 Å². The first-order valence-electron chi connectivity index (χ1n) is 4.96. The van der Waals surface area contributed by atoms with Crippen LogP contribution in [-0.2, 0) is 0 Å². The first kappa shape index (κ1) is 9.25. The Labute approximate surface area is 83.9 Å². The zero-order chi connectivity index (χ0) is 10.3. The van der Waals surface area contributed by atoms with E-state index >= 15 is 0 Å². The molecule has 0 N–H and O–H groups in total. The fourth-order valence-corrected chi connectivity index (χ4v) is 1.87. The third-order valence-electron chi connectivity index (χ3n) is 2.73. The monoisotopic (exact) mass is 190 g/mol. The van der Waals surface area contributed by atoms with Crippen molar-refractivity contribution < 1.29 is 9.53 Å². The van der Waals surface area contributed by atoms with Crippen molar-refractivity contribution in [1.29, 1.82) is 0 Å². The maximum Gasteiger partial charge on any atom is 0.207 e. The first-order chi connectivity index (χ1) is 6.65. The van der Waals surface area contributed by atoms with Gasteiger partial charge in [-0.25, -0.2) is 0 Å². The molecule has 2 heteroatoms. The van der Waals surface area contributed by atoms with Gasteiger partial charge in [0.05, 0.1) is 5.56 Å². The third-order valence-corrected chi connectivity index (χ3v) is 2.73. The maximum absolute atomic E-state index is 11.9. The van der Waals surface area contributed by atoms with Gasteiger partial charge in [0.2, 0.25) is 5.78 Å². The molecule has 2 rings (SSSR count). The van der Waals surface area contributed by atoms with Gasteiger partial charge in [0, 0.05) is 0 Å². The number of fused-ring (bicyclic) bond motifs is 1. The summed E-state index contributed by atoms with van der Waals surface area (Å²) in [6.45, 7) is 5.90. The lowest BCUT2D eigenvalue weighted by atomic mass is 10.00. The van der Waals surface area contributed by atoms with Crippen molar-refractivity contribution in [2.45, 2.75) is 33.3 Å². The number of aryl methyl sites for hydroxylation is 2. The molecule has 0 radical (unpaired) electrons. The Kier molecular flexibility index (Phi) is 2.06. The summed E-state index contributed by atoms with van der Waals surface area (Å²) >= 11 is 0. The van der Waals surface area contributed by atoms with Crippen molar-refractivity contribution in [1.82, 2.24) is 0 Å². The van der Waals surface area contributed by atoms with Crippen molar-refractivity contribution in [3.05, 3.63) is 28.8 Å². The molecule has 0 saturated carbocycles. The molecule has 1 heterocycles. The second-order valence-corrected chi connectivity index (χ2v) is 3.78. The average Bonchev–Trinajstić information content (AvgIpc) is 2.51. The summed E-state index contributed by atoms with van der Waals surface area (Å²) in [7, 11) is 0. The number of ketones is 1. The molecule has 1 unspecified atom stereocenters. The molecule has 74 valence electrons. The molecule has 2 nitrogen and oxygen atoms in total. The van der Waals surface area contributed by atoms with Crippen molar-refractivity contribution >= 4 is 5.78 Å². The Balaban J connectivity index is 2.58. The van der Waals surface area contributed by atoms with Crippen LogP contribution >= 0.6 is 0 Å². The van der Waals surface area contributed by atoms with Gasteiger partial charge in [-0.1, -0.05) is 19.1 Å². The Hall–Kier alpha value is -1.31. The van der Waals surface area contributed by atoms with Crippen LogP contribution in [0.5, 0.6) is 5.75 Å². The van der Waals surface area contributed by atoms with Crippen LogP contribution in [0.1, 0.15) is 34.8 Å². The van der Waals surface area contributed by atoms with E-state index in [9.17, 15) is 4.79 Å². The van der Waals surface area contributed by atoms with Crippen molar-refractivity contribution in [3.63, 3.8) is 0 Å². The molecule has 14 heavy (non-hydrogen) atoms. The molecule has 1 aliphatic heterocycles. The highest BCUT2D eigenvalue weighted by Crippen LogP contribution is 2.35. The van der Waals surface area contributed by atoms with Gasteiger partial charge < -0.3 is 4.74 Å². The van der Waals surface area contributed by atoms with Crippen LogP contribution < -0.4 is 4.74 Å². The van der Waals surface area contributed by atoms with E-state index in [1.807, 2.05) is 32.9 Å². The lowest BCUT2D eigenvalue weighted by molar-refractivity contribution is 0.0852. The summed E-state index contributed by atoms with van der Waals surface area (Å²) in [6, 6.07) is 3.98. The third kappa shape index (κ3) is 1.14. The van der Waals surface area contributed by atoms with Gasteiger partial charge >= 0.3 is 0 Å². The van der Waals surface area contributed by atoms with Gasteiger partial charge in [-0.05, 0) is 31.4 Å². The minimum Gasteiger partial charge on any atom is -0.481 e. The zero-order valence-corrected chi connectivity index (χ0v) is 8.76. The van der Waals surface area contributed by atoms with E-state index in [-0.39, 0.29) is 11.9 Å². The molecule has 0 bridgehead atoms. The number of benzene rings is 1. The van der Waals surface area contributed by atoms with E-state index in [1.165, 1.54) is 0 Å². The van der Waals surface area contributed by atoms with Crippen LogP contribution in [0.4, 0.5) is 0 Å². The number of carbonyl (C=O) groups is 1. The standard InChI is InChI=1S/C12H14O2/c1-4-9-11(13)10-7(2)5-6-8(3)12(10)14-9/h5-6,9H,4H2,1-3H3. The molecule has 0 aliphatic carbocycles. The highest BCUT2D eigenvalue weighted by Gasteiger charge is 2.33. The number of hydrogen-bond donors (Lipinski definition) is 0. The van der Waals surface area contributed by atoms with Crippen LogP contribution in [-0.4, -0.2) is 11.9 Å². The van der Waals surface area contributed by atoms with Crippen LogP contribution in [0.15, 0.2) is 12.1 Å². The fourth-order valence-electron chi connectivity index (χ4n) is 1.87. The molecule has 0 fully saturated rings. The summed E-state index contributed by atoms with van der Waals surface area (Å²) < 4.78 is 5.63. The second-order valence-electron chi connectivity index (χ2n) is 3.78. The molecule has 0 saturated heterocycles. The summed E-state index contributed by atoms with van der Waals surface area (Å²) in [5.74, 6) is 0.936. The van der Waals surface area contributed by atoms with E-state index in [0.29, 0.717) is 0 Å². The molecule has 0 spiro atoms. The normalized spacial score (nSPS) is 19.4. The van der Waals surface area contributed by atoms with Gasteiger partial charge in [0.1, 0.15) is 5.75 Å². The average molecular weight is 190 g/mol.